The molecular weight excluding hydrogens is 236 g/mol. The van der Waals surface area contributed by atoms with Gasteiger partial charge in [-0.05, 0) is 39.2 Å². The highest BCUT2D eigenvalue weighted by Crippen LogP contribution is 2.35. The number of benzene rings is 1. The molecule has 0 radical (unpaired) electrons. The molecule has 0 bridgehead atoms. The van der Waals surface area contributed by atoms with E-state index in [9.17, 15) is 0 Å². The van der Waals surface area contributed by atoms with Gasteiger partial charge >= 0.3 is 0 Å². The molecule has 0 atom stereocenters. The monoisotopic (exact) mass is 256 g/mol. The van der Waals surface area contributed by atoms with E-state index in [0.29, 0.717) is 0 Å². The van der Waals surface area contributed by atoms with Crippen molar-refractivity contribution in [3.8, 4) is 11.3 Å². The van der Waals surface area contributed by atoms with Crippen molar-refractivity contribution in [2.24, 2.45) is 0 Å². The summed E-state index contributed by atoms with van der Waals surface area (Å²) in [6.07, 6.45) is 2.10. The highest BCUT2D eigenvalue weighted by molar-refractivity contribution is 5.68. The van der Waals surface area contributed by atoms with Gasteiger partial charge in [-0.25, -0.2) is 0 Å². The first kappa shape index (κ1) is 12.4. The second-order valence-electron chi connectivity index (χ2n) is 6.20. The Labute approximate surface area is 114 Å². The SMILES string of the molecule is CC(C)(C)NCc1noc2c1CCc1ccccc1-2. The van der Waals surface area contributed by atoms with Crippen LogP contribution in [0.25, 0.3) is 11.3 Å². The first-order chi connectivity index (χ1) is 9.04. The Morgan fingerprint density at radius 3 is 2.79 bits per heavy atom. The molecule has 1 N–H and O–H groups in total. The maximum atomic E-state index is 5.59. The lowest BCUT2D eigenvalue weighted by Gasteiger charge is -2.20. The van der Waals surface area contributed by atoms with Gasteiger partial charge in [-0.1, -0.05) is 29.4 Å². The highest BCUT2D eigenvalue weighted by Gasteiger charge is 2.24. The molecule has 3 nitrogen and oxygen atoms in total. The summed E-state index contributed by atoms with van der Waals surface area (Å²) in [7, 11) is 0. The van der Waals surface area contributed by atoms with Crippen LogP contribution in [0.15, 0.2) is 28.8 Å². The fourth-order valence-electron chi connectivity index (χ4n) is 2.52. The third kappa shape index (κ3) is 2.43. The van der Waals surface area contributed by atoms with Crippen molar-refractivity contribution in [2.75, 3.05) is 0 Å². The Kier molecular flexibility index (Phi) is 2.94. The zero-order valence-electron chi connectivity index (χ0n) is 11.8. The molecule has 1 aromatic heterocycles. The molecule has 0 fully saturated rings. The third-order valence-corrected chi connectivity index (χ3v) is 3.56. The van der Waals surface area contributed by atoms with Gasteiger partial charge < -0.3 is 9.84 Å². The molecule has 1 aromatic carbocycles. The van der Waals surface area contributed by atoms with Crippen LogP contribution in [-0.4, -0.2) is 10.7 Å². The van der Waals surface area contributed by atoms with E-state index in [-0.39, 0.29) is 5.54 Å². The molecule has 1 aliphatic rings. The minimum absolute atomic E-state index is 0.0956. The van der Waals surface area contributed by atoms with Crippen LogP contribution in [0.2, 0.25) is 0 Å². The largest absolute Gasteiger partial charge is 0.356 e. The first-order valence-corrected chi connectivity index (χ1v) is 6.85. The molecule has 3 rings (SSSR count). The third-order valence-electron chi connectivity index (χ3n) is 3.56. The van der Waals surface area contributed by atoms with Gasteiger partial charge in [-0.2, -0.15) is 0 Å². The normalized spacial score (nSPS) is 14.1. The molecule has 1 aliphatic carbocycles. The fourth-order valence-corrected chi connectivity index (χ4v) is 2.52. The van der Waals surface area contributed by atoms with Gasteiger partial charge in [-0.3, -0.25) is 0 Å². The summed E-state index contributed by atoms with van der Waals surface area (Å²) in [6.45, 7) is 7.25. The quantitative estimate of drug-likeness (QED) is 0.895. The fraction of sp³-hybridized carbons (Fsp3) is 0.438. The molecule has 0 unspecified atom stereocenters. The van der Waals surface area contributed by atoms with E-state index in [1.54, 1.807) is 0 Å². The molecule has 100 valence electrons. The lowest BCUT2D eigenvalue weighted by molar-refractivity contribution is 0.392. The van der Waals surface area contributed by atoms with Crippen molar-refractivity contribution in [2.45, 2.75) is 45.7 Å². The summed E-state index contributed by atoms with van der Waals surface area (Å²) in [6, 6.07) is 8.44. The van der Waals surface area contributed by atoms with Crippen LogP contribution >= 0.6 is 0 Å². The number of hydrogen-bond donors (Lipinski definition) is 1. The molecule has 1 heterocycles. The number of nitrogens with one attached hydrogen (secondary N) is 1. The minimum atomic E-state index is 0.0956. The van der Waals surface area contributed by atoms with Crippen LogP contribution in [0.3, 0.4) is 0 Å². The molecule has 2 aromatic rings. The Morgan fingerprint density at radius 1 is 1.21 bits per heavy atom. The number of hydrogen-bond acceptors (Lipinski definition) is 3. The maximum absolute atomic E-state index is 5.59. The van der Waals surface area contributed by atoms with E-state index >= 15 is 0 Å². The zero-order valence-corrected chi connectivity index (χ0v) is 11.8. The number of rotatable bonds is 2. The first-order valence-electron chi connectivity index (χ1n) is 6.85. The van der Waals surface area contributed by atoms with Crippen LogP contribution in [0, 0.1) is 0 Å². The predicted molar refractivity (Wildman–Crippen MR) is 75.9 cm³/mol. The van der Waals surface area contributed by atoms with Gasteiger partial charge in [0.2, 0.25) is 0 Å². The molecule has 3 heteroatoms. The molecule has 19 heavy (non-hydrogen) atoms. The lowest BCUT2D eigenvalue weighted by Crippen LogP contribution is -2.35. The highest BCUT2D eigenvalue weighted by atomic mass is 16.5. The van der Waals surface area contributed by atoms with Crippen molar-refractivity contribution in [1.82, 2.24) is 10.5 Å². The van der Waals surface area contributed by atoms with E-state index in [2.05, 4.69) is 55.5 Å². The maximum Gasteiger partial charge on any atom is 0.170 e. The molecular formula is C16H20N2O. The second-order valence-corrected chi connectivity index (χ2v) is 6.20. The average Bonchev–Trinajstić information content (AvgIpc) is 2.79. The Morgan fingerprint density at radius 2 is 2.00 bits per heavy atom. The molecule has 0 spiro atoms. The van der Waals surface area contributed by atoms with Crippen LogP contribution in [0.5, 0.6) is 0 Å². The molecule has 0 saturated heterocycles. The summed E-state index contributed by atoms with van der Waals surface area (Å²) in [5.74, 6) is 0.965. The van der Waals surface area contributed by atoms with Gasteiger partial charge in [0.05, 0.1) is 0 Å². The lowest BCUT2D eigenvalue weighted by atomic mass is 9.89. The summed E-state index contributed by atoms with van der Waals surface area (Å²) in [5.41, 5.74) is 4.99. The summed E-state index contributed by atoms with van der Waals surface area (Å²) in [4.78, 5) is 0. The summed E-state index contributed by atoms with van der Waals surface area (Å²) < 4.78 is 5.59. The second kappa shape index (κ2) is 4.49. The van der Waals surface area contributed by atoms with E-state index in [1.165, 1.54) is 16.7 Å². The van der Waals surface area contributed by atoms with Crippen LogP contribution in [0.1, 0.15) is 37.6 Å². The molecule has 0 aliphatic heterocycles. The summed E-state index contributed by atoms with van der Waals surface area (Å²) >= 11 is 0. The van der Waals surface area contributed by atoms with E-state index in [4.69, 9.17) is 4.52 Å². The molecule has 0 amide bonds. The van der Waals surface area contributed by atoms with Crippen molar-refractivity contribution >= 4 is 0 Å². The van der Waals surface area contributed by atoms with Gasteiger partial charge in [0.1, 0.15) is 5.69 Å². The van der Waals surface area contributed by atoms with Gasteiger partial charge in [0.25, 0.3) is 0 Å². The van der Waals surface area contributed by atoms with Crippen LogP contribution < -0.4 is 5.32 Å². The number of nitrogens with zero attached hydrogens (tertiary/aromatic N) is 1. The van der Waals surface area contributed by atoms with Gasteiger partial charge in [-0.15, -0.1) is 0 Å². The van der Waals surface area contributed by atoms with Crippen molar-refractivity contribution < 1.29 is 4.52 Å². The smallest absolute Gasteiger partial charge is 0.170 e. The van der Waals surface area contributed by atoms with Crippen LogP contribution in [0.4, 0.5) is 0 Å². The van der Waals surface area contributed by atoms with E-state index in [1.807, 2.05) is 0 Å². The number of aryl methyl sites for hydroxylation is 1. The van der Waals surface area contributed by atoms with Crippen molar-refractivity contribution in [3.05, 3.63) is 41.1 Å². The average molecular weight is 256 g/mol. The number of aromatic nitrogens is 1. The predicted octanol–water partition coefficient (Wildman–Crippen LogP) is 3.33. The van der Waals surface area contributed by atoms with Crippen molar-refractivity contribution in [1.29, 1.82) is 0 Å². The van der Waals surface area contributed by atoms with Crippen molar-refractivity contribution in [3.63, 3.8) is 0 Å². The topological polar surface area (TPSA) is 38.1 Å². The zero-order chi connectivity index (χ0) is 13.5. The Bertz CT molecular complexity index is 593. The van der Waals surface area contributed by atoms with Gasteiger partial charge in [0, 0.05) is 23.2 Å². The number of fused-ring (bicyclic) bond motifs is 3. The Hall–Kier alpha value is -1.61. The Balaban J connectivity index is 1.91. The standard InChI is InChI=1S/C16H20N2O/c1-16(2,3)17-10-14-13-9-8-11-6-4-5-7-12(11)15(13)19-18-14/h4-7,17H,8-10H2,1-3H3. The van der Waals surface area contributed by atoms with E-state index < -0.39 is 0 Å². The molecule has 0 saturated carbocycles. The van der Waals surface area contributed by atoms with E-state index in [0.717, 1.165) is 30.8 Å². The van der Waals surface area contributed by atoms with Crippen LogP contribution in [-0.2, 0) is 19.4 Å². The van der Waals surface area contributed by atoms with Gasteiger partial charge in [0.15, 0.2) is 5.76 Å². The summed E-state index contributed by atoms with van der Waals surface area (Å²) in [5, 5.41) is 7.74. The minimum Gasteiger partial charge on any atom is -0.356 e.